The summed E-state index contributed by atoms with van der Waals surface area (Å²) in [5.41, 5.74) is 0. The van der Waals surface area contributed by atoms with Crippen molar-refractivity contribution in [1.82, 2.24) is 9.80 Å². The number of carbonyl (C=O) groups is 2. The number of urea groups is 1. The molecule has 0 heterocycles. The third-order valence-electron chi connectivity index (χ3n) is 1.66. The van der Waals surface area contributed by atoms with Crippen LogP contribution in [-0.4, -0.2) is 67.8 Å². The molecule has 0 saturated heterocycles. The fraction of sp³-hybridized carbons (Fsp3) is 0.750. The molecule has 0 aromatic heterocycles. The molecule has 0 radical (unpaired) electrons. The van der Waals surface area contributed by atoms with Crippen molar-refractivity contribution in [2.75, 3.05) is 40.9 Å². The molecule has 1 N–H and O–H groups in total. The summed E-state index contributed by atoms with van der Waals surface area (Å²) in [6, 6.07) is -0.329. The van der Waals surface area contributed by atoms with Gasteiger partial charge in [0.2, 0.25) is 0 Å². The number of nitrogens with zero attached hydrogens (tertiary/aromatic N) is 2. The number of aliphatic carboxylic acids is 1. The molecule has 0 atom stereocenters. The van der Waals surface area contributed by atoms with Gasteiger partial charge in [-0.15, -0.1) is 0 Å². The van der Waals surface area contributed by atoms with E-state index in [1.807, 2.05) is 0 Å². The van der Waals surface area contributed by atoms with E-state index in [0.717, 1.165) is 4.90 Å². The first-order chi connectivity index (χ1) is 6.49. The first kappa shape index (κ1) is 12.7. The van der Waals surface area contributed by atoms with Crippen LogP contribution >= 0.6 is 0 Å². The Morgan fingerprint density at radius 3 is 2.29 bits per heavy atom. The van der Waals surface area contributed by atoms with Crippen LogP contribution in [0.15, 0.2) is 0 Å². The van der Waals surface area contributed by atoms with Gasteiger partial charge in [-0.2, -0.15) is 0 Å². The summed E-state index contributed by atoms with van der Waals surface area (Å²) in [6.07, 6.45) is 0. The molecule has 2 amide bonds. The molecular formula is C8H16N2O4. The van der Waals surface area contributed by atoms with Gasteiger partial charge in [0.25, 0.3) is 0 Å². The van der Waals surface area contributed by atoms with Crippen molar-refractivity contribution >= 4 is 12.0 Å². The van der Waals surface area contributed by atoms with Crippen LogP contribution in [0.5, 0.6) is 0 Å². The second-order valence-electron chi connectivity index (χ2n) is 2.95. The fourth-order valence-corrected chi connectivity index (χ4v) is 0.886. The van der Waals surface area contributed by atoms with Crippen LogP contribution in [-0.2, 0) is 9.53 Å². The molecule has 0 saturated carbocycles. The summed E-state index contributed by atoms with van der Waals surface area (Å²) in [6.45, 7) is 0.582. The highest BCUT2D eigenvalue weighted by molar-refractivity contribution is 5.79. The summed E-state index contributed by atoms with van der Waals surface area (Å²) in [5.74, 6) is -1.03. The highest BCUT2D eigenvalue weighted by atomic mass is 16.5. The van der Waals surface area contributed by atoms with Crippen LogP contribution in [0.25, 0.3) is 0 Å². The summed E-state index contributed by atoms with van der Waals surface area (Å²) < 4.78 is 4.79. The Labute approximate surface area is 83.0 Å². The van der Waals surface area contributed by atoms with Crippen LogP contribution in [0, 0.1) is 0 Å². The molecule has 0 aliphatic heterocycles. The molecule has 0 rings (SSSR count). The Balaban J connectivity index is 3.97. The van der Waals surface area contributed by atoms with E-state index in [4.69, 9.17) is 9.84 Å². The minimum Gasteiger partial charge on any atom is -0.480 e. The maximum Gasteiger partial charge on any atom is 0.323 e. The zero-order chi connectivity index (χ0) is 11.1. The molecule has 0 bridgehead atoms. The highest BCUT2D eigenvalue weighted by Crippen LogP contribution is 1.93. The number of amides is 2. The number of rotatable bonds is 5. The number of carbonyl (C=O) groups excluding carboxylic acids is 1. The van der Waals surface area contributed by atoms with Gasteiger partial charge in [-0.1, -0.05) is 0 Å². The lowest BCUT2D eigenvalue weighted by atomic mass is 10.5. The Morgan fingerprint density at radius 2 is 1.86 bits per heavy atom. The molecule has 0 fully saturated rings. The minimum atomic E-state index is -1.03. The van der Waals surface area contributed by atoms with Crippen molar-refractivity contribution in [3.63, 3.8) is 0 Å². The van der Waals surface area contributed by atoms with Gasteiger partial charge in [0.1, 0.15) is 6.54 Å². The van der Waals surface area contributed by atoms with Gasteiger partial charge >= 0.3 is 12.0 Å². The normalized spacial score (nSPS) is 9.64. The third-order valence-corrected chi connectivity index (χ3v) is 1.66. The second-order valence-corrected chi connectivity index (χ2v) is 2.95. The molecule has 0 aromatic rings. The summed E-state index contributed by atoms with van der Waals surface area (Å²) >= 11 is 0. The van der Waals surface area contributed by atoms with E-state index in [9.17, 15) is 9.59 Å². The molecule has 6 nitrogen and oxygen atoms in total. The average molecular weight is 204 g/mol. The maximum absolute atomic E-state index is 11.4. The number of likely N-dealkylation sites (N-methyl/N-ethyl adjacent to an activating group) is 2. The molecule has 0 aliphatic rings. The Bertz CT molecular complexity index is 208. The zero-order valence-electron chi connectivity index (χ0n) is 8.69. The zero-order valence-corrected chi connectivity index (χ0v) is 8.69. The first-order valence-electron chi connectivity index (χ1n) is 4.16. The van der Waals surface area contributed by atoms with Gasteiger partial charge in [-0.05, 0) is 0 Å². The van der Waals surface area contributed by atoms with Gasteiger partial charge < -0.3 is 19.6 Å². The van der Waals surface area contributed by atoms with Crippen LogP contribution in [0.4, 0.5) is 4.79 Å². The van der Waals surface area contributed by atoms with E-state index >= 15 is 0 Å². The number of ether oxygens (including phenoxy) is 1. The molecule has 0 spiro atoms. The van der Waals surface area contributed by atoms with Crippen LogP contribution < -0.4 is 0 Å². The van der Waals surface area contributed by atoms with Crippen molar-refractivity contribution < 1.29 is 19.4 Å². The van der Waals surface area contributed by atoms with E-state index < -0.39 is 5.97 Å². The molecule has 0 unspecified atom stereocenters. The number of carboxylic acids is 1. The van der Waals surface area contributed by atoms with Gasteiger partial charge in [0.15, 0.2) is 0 Å². The van der Waals surface area contributed by atoms with E-state index in [-0.39, 0.29) is 12.6 Å². The molecule has 82 valence electrons. The summed E-state index contributed by atoms with van der Waals surface area (Å²) in [4.78, 5) is 24.3. The molecular weight excluding hydrogens is 188 g/mol. The van der Waals surface area contributed by atoms with Crippen molar-refractivity contribution in [2.24, 2.45) is 0 Å². The van der Waals surface area contributed by atoms with Crippen LogP contribution in [0.3, 0.4) is 0 Å². The van der Waals surface area contributed by atoms with Crippen LogP contribution in [0.2, 0.25) is 0 Å². The second kappa shape index (κ2) is 6.20. The smallest absolute Gasteiger partial charge is 0.323 e. The molecule has 0 aromatic carbocycles. The fourth-order valence-electron chi connectivity index (χ4n) is 0.886. The van der Waals surface area contributed by atoms with Crippen molar-refractivity contribution in [1.29, 1.82) is 0 Å². The summed E-state index contributed by atoms with van der Waals surface area (Å²) in [7, 11) is 4.58. The predicted octanol–water partition coefficient (Wildman–Crippen LogP) is -0.299. The van der Waals surface area contributed by atoms with E-state index in [1.54, 1.807) is 14.2 Å². The Morgan fingerprint density at radius 1 is 1.29 bits per heavy atom. The highest BCUT2D eigenvalue weighted by Gasteiger charge is 2.15. The molecule has 14 heavy (non-hydrogen) atoms. The van der Waals surface area contributed by atoms with Gasteiger partial charge in [-0.25, -0.2) is 4.79 Å². The number of hydrogen-bond acceptors (Lipinski definition) is 3. The van der Waals surface area contributed by atoms with Crippen LogP contribution in [0.1, 0.15) is 0 Å². The molecule has 0 aliphatic carbocycles. The maximum atomic E-state index is 11.4. The first-order valence-corrected chi connectivity index (χ1v) is 4.16. The quantitative estimate of drug-likeness (QED) is 0.667. The topological polar surface area (TPSA) is 70.1 Å². The van der Waals surface area contributed by atoms with E-state index in [1.165, 1.54) is 11.9 Å². The monoisotopic (exact) mass is 204 g/mol. The molecule has 6 heteroatoms. The van der Waals surface area contributed by atoms with E-state index in [2.05, 4.69) is 0 Å². The van der Waals surface area contributed by atoms with Gasteiger partial charge in [0, 0.05) is 27.7 Å². The van der Waals surface area contributed by atoms with Crippen molar-refractivity contribution in [3.05, 3.63) is 0 Å². The average Bonchev–Trinajstić information content (AvgIpc) is 2.11. The summed E-state index contributed by atoms with van der Waals surface area (Å²) in [5, 5.41) is 8.45. The predicted molar refractivity (Wildman–Crippen MR) is 50.2 cm³/mol. The Hall–Kier alpha value is -1.30. The lowest BCUT2D eigenvalue weighted by Gasteiger charge is -2.23. The largest absolute Gasteiger partial charge is 0.480 e. The minimum absolute atomic E-state index is 0.295. The third kappa shape index (κ3) is 4.66. The number of carboxylic acid groups (broad SMARTS) is 1. The lowest BCUT2D eigenvalue weighted by molar-refractivity contribution is -0.137. The van der Waals surface area contributed by atoms with E-state index in [0.29, 0.717) is 13.2 Å². The SMILES string of the molecule is COCCN(C)C(=O)N(C)CC(=O)O. The number of methoxy groups -OCH3 is 1. The standard InChI is InChI=1S/C8H16N2O4/c1-9(4-5-14-3)8(13)10(2)6-7(11)12/h4-6H2,1-3H3,(H,11,12). The van der Waals surface area contributed by atoms with Gasteiger partial charge in [0.05, 0.1) is 6.61 Å². The van der Waals surface area contributed by atoms with Crippen molar-refractivity contribution in [2.45, 2.75) is 0 Å². The Kier molecular flexibility index (Phi) is 5.62. The van der Waals surface area contributed by atoms with Crippen molar-refractivity contribution in [3.8, 4) is 0 Å². The number of hydrogen-bond donors (Lipinski definition) is 1. The van der Waals surface area contributed by atoms with Gasteiger partial charge in [-0.3, -0.25) is 4.79 Å². The lowest BCUT2D eigenvalue weighted by Crippen LogP contribution is -2.42.